The van der Waals surface area contributed by atoms with E-state index < -0.39 is 0 Å². The molecule has 0 saturated carbocycles. The second-order valence-electron chi connectivity index (χ2n) is 5.54. The van der Waals surface area contributed by atoms with E-state index in [1.165, 1.54) is 11.3 Å². The molecule has 1 aromatic heterocycles. The second-order valence-corrected chi connectivity index (χ2v) is 6.15. The molecule has 0 radical (unpaired) electrons. The molecule has 0 fully saturated rings. The zero-order chi connectivity index (χ0) is 16.3. The molecule has 4 heteroatoms. The van der Waals surface area contributed by atoms with Crippen LogP contribution in [0.4, 0.5) is 0 Å². The number of nitrogens with one attached hydrogen (secondary N) is 1. The first-order chi connectivity index (χ1) is 10.5. The van der Waals surface area contributed by atoms with Crippen molar-refractivity contribution in [3.05, 3.63) is 47.3 Å². The Bertz CT molecular complexity index is 778. The Balaban J connectivity index is 2.55. The molecule has 0 aliphatic rings. The summed E-state index contributed by atoms with van der Waals surface area (Å²) >= 11 is 5.09. The lowest BCUT2D eigenvalue weighted by molar-refractivity contribution is 0.716. The minimum absolute atomic E-state index is 0.680. The van der Waals surface area contributed by atoms with Gasteiger partial charge < -0.3 is 9.88 Å². The molecule has 114 valence electrons. The Morgan fingerprint density at radius 3 is 2.77 bits per heavy atom. The molecule has 2 aromatic rings. The van der Waals surface area contributed by atoms with Crippen LogP contribution < -0.4 is 5.32 Å². The number of aromatic nitrogens is 1. The smallest absolute Gasteiger partial charge is 0.0991 e. The molecule has 0 saturated heterocycles. The molecule has 3 nitrogen and oxygen atoms in total. The summed E-state index contributed by atoms with van der Waals surface area (Å²) in [4.78, 5) is 0.724. The number of rotatable bonds is 5. The van der Waals surface area contributed by atoms with E-state index in [1.54, 1.807) is 0 Å². The Labute approximate surface area is 137 Å². The average Bonchev–Trinajstić information content (AvgIpc) is 2.72. The van der Waals surface area contributed by atoms with Gasteiger partial charge in [-0.1, -0.05) is 32.1 Å². The number of aryl methyl sites for hydroxylation is 1. The van der Waals surface area contributed by atoms with Gasteiger partial charge >= 0.3 is 0 Å². The predicted molar refractivity (Wildman–Crippen MR) is 95.9 cm³/mol. The summed E-state index contributed by atoms with van der Waals surface area (Å²) in [6.45, 7) is 10.9. The van der Waals surface area contributed by atoms with Crippen molar-refractivity contribution in [1.29, 1.82) is 5.26 Å². The summed E-state index contributed by atoms with van der Waals surface area (Å²) in [6.07, 6.45) is 2.08. The molecular formula is C18H21N3S. The summed E-state index contributed by atoms with van der Waals surface area (Å²) in [5, 5.41) is 13.4. The van der Waals surface area contributed by atoms with Gasteiger partial charge in [0.1, 0.15) is 0 Å². The summed E-state index contributed by atoms with van der Waals surface area (Å²) in [7, 11) is 0. The van der Waals surface area contributed by atoms with Crippen LogP contribution in [0.1, 0.15) is 37.1 Å². The summed E-state index contributed by atoms with van der Waals surface area (Å²) in [6, 6.07) is 8.09. The van der Waals surface area contributed by atoms with E-state index >= 15 is 0 Å². The van der Waals surface area contributed by atoms with Gasteiger partial charge in [0.2, 0.25) is 0 Å². The molecule has 0 spiro atoms. The van der Waals surface area contributed by atoms with Crippen molar-refractivity contribution in [1.82, 2.24) is 9.88 Å². The molecule has 0 atom stereocenters. The van der Waals surface area contributed by atoms with E-state index in [4.69, 9.17) is 17.5 Å². The van der Waals surface area contributed by atoms with Crippen molar-refractivity contribution in [2.45, 2.75) is 40.2 Å². The number of fused-ring (bicyclic) bond motifs is 1. The molecule has 0 amide bonds. The highest BCUT2D eigenvalue weighted by Gasteiger charge is 2.14. The number of hydrogen-bond donors (Lipinski definition) is 1. The van der Waals surface area contributed by atoms with E-state index in [9.17, 15) is 0 Å². The fourth-order valence-electron chi connectivity index (χ4n) is 2.86. The maximum Gasteiger partial charge on any atom is 0.0991 e. The molecular weight excluding hydrogens is 290 g/mol. The molecule has 22 heavy (non-hydrogen) atoms. The van der Waals surface area contributed by atoms with Crippen LogP contribution in [0, 0.1) is 18.3 Å². The zero-order valence-electron chi connectivity index (χ0n) is 13.4. The highest BCUT2D eigenvalue weighted by atomic mass is 32.1. The topological polar surface area (TPSA) is 40.8 Å². The van der Waals surface area contributed by atoms with Crippen LogP contribution in [-0.4, -0.2) is 9.56 Å². The van der Waals surface area contributed by atoms with E-state index in [0.717, 1.165) is 34.4 Å². The number of nitriles is 1. The van der Waals surface area contributed by atoms with Gasteiger partial charge in [0.15, 0.2) is 0 Å². The average molecular weight is 311 g/mol. The van der Waals surface area contributed by atoms with Gasteiger partial charge in [-0.2, -0.15) is 5.26 Å². The molecule has 1 N–H and O–H groups in total. The van der Waals surface area contributed by atoms with Gasteiger partial charge in [-0.25, -0.2) is 0 Å². The number of nitrogens with zero attached hydrogens (tertiary/aromatic N) is 2. The fraction of sp³-hybridized carbons (Fsp3) is 0.333. The van der Waals surface area contributed by atoms with Crippen molar-refractivity contribution in [3.63, 3.8) is 0 Å². The van der Waals surface area contributed by atoms with Gasteiger partial charge in [0, 0.05) is 22.3 Å². The van der Waals surface area contributed by atoms with Crippen LogP contribution >= 0.6 is 12.2 Å². The normalized spacial score (nSPS) is 10.5. The van der Waals surface area contributed by atoms with Gasteiger partial charge in [0.05, 0.1) is 23.2 Å². The van der Waals surface area contributed by atoms with Crippen LogP contribution in [0.5, 0.6) is 0 Å². The lowest BCUT2D eigenvalue weighted by Gasteiger charge is -2.14. The largest absolute Gasteiger partial charge is 0.353 e. The Kier molecular flexibility index (Phi) is 4.99. The summed E-state index contributed by atoms with van der Waals surface area (Å²) < 4.78 is 2.28. The fourth-order valence-corrected chi connectivity index (χ4v) is 3.01. The standard InChI is InChI=1S/C18H21N3S/c1-5-6-17-13(3)16-9-15(10-19)7-8-18(16)21(17)11-12(2)20-14(4)22/h7-9H,2,5-6,11H2,1,3-4H3,(H,20,22). The third-order valence-corrected chi connectivity index (χ3v) is 3.87. The first kappa shape index (κ1) is 16.3. The maximum atomic E-state index is 9.12. The lowest BCUT2D eigenvalue weighted by Crippen LogP contribution is -2.21. The Hall–Kier alpha value is -2.12. The quantitative estimate of drug-likeness (QED) is 0.840. The van der Waals surface area contributed by atoms with Crippen LogP contribution in [0.2, 0.25) is 0 Å². The second kappa shape index (κ2) is 6.76. The molecule has 0 aliphatic heterocycles. The van der Waals surface area contributed by atoms with E-state index in [-0.39, 0.29) is 0 Å². The molecule has 2 rings (SSSR count). The van der Waals surface area contributed by atoms with Crippen LogP contribution in [0.3, 0.4) is 0 Å². The third kappa shape index (κ3) is 3.20. The predicted octanol–water partition coefficient (Wildman–Crippen LogP) is 4.22. The first-order valence-electron chi connectivity index (χ1n) is 7.45. The highest BCUT2D eigenvalue weighted by Crippen LogP contribution is 2.28. The number of thiocarbonyl (C=S) groups is 1. The minimum atomic E-state index is 0.680. The van der Waals surface area contributed by atoms with Crippen molar-refractivity contribution < 1.29 is 0 Å². The van der Waals surface area contributed by atoms with Gasteiger partial charge in [0.25, 0.3) is 0 Å². The Morgan fingerprint density at radius 1 is 1.45 bits per heavy atom. The van der Waals surface area contributed by atoms with Gasteiger partial charge in [-0.05, 0) is 44.0 Å². The van der Waals surface area contributed by atoms with Crippen molar-refractivity contribution in [2.24, 2.45) is 0 Å². The first-order valence-corrected chi connectivity index (χ1v) is 7.86. The number of allylic oxidation sites excluding steroid dienone is 1. The summed E-state index contributed by atoms with van der Waals surface area (Å²) in [5.41, 5.74) is 5.27. The highest BCUT2D eigenvalue weighted by molar-refractivity contribution is 7.80. The molecule has 1 heterocycles. The maximum absolute atomic E-state index is 9.12. The van der Waals surface area contributed by atoms with Crippen LogP contribution in [0.25, 0.3) is 10.9 Å². The molecule has 0 aliphatic carbocycles. The number of benzene rings is 1. The van der Waals surface area contributed by atoms with Crippen molar-refractivity contribution in [2.75, 3.05) is 0 Å². The summed E-state index contributed by atoms with van der Waals surface area (Å²) in [5.74, 6) is 0. The lowest BCUT2D eigenvalue weighted by atomic mass is 10.1. The van der Waals surface area contributed by atoms with Crippen molar-refractivity contribution >= 4 is 28.1 Å². The monoisotopic (exact) mass is 311 g/mol. The van der Waals surface area contributed by atoms with Crippen molar-refractivity contribution in [3.8, 4) is 6.07 Å². The van der Waals surface area contributed by atoms with Crippen LogP contribution in [-0.2, 0) is 13.0 Å². The molecule has 0 bridgehead atoms. The zero-order valence-corrected chi connectivity index (χ0v) is 14.2. The van der Waals surface area contributed by atoms with E-state index in [0.29, 0.717) is 12.1 Å². The van der Waals surface area contributed by atoms with E-state index in [1.807, 2.05) is 25.1 Å². The van der Waals surface area contributed by atoms with Gasteiger partial charge in [-0.15, -0.1) is 0 Å². The van der Waals surface area contributed by atoms with Gasteiger partial charge in [-0.3, -0.25) is 0 Å². The SMILES string of the molecule is C=C(Cn1c(CCC)c(C)c2cc(C#N)ccc21)NC(C)=S. The Morgan fingerprint density at radius 2 is 2.18 bits per heavy atom. The third-order valence-electron chi connectivity index (χ3n) is 3.77. The number of hydrogen-bond acceptors (Lipinski definition) is 2. The molecule has 0 unspecified atom stereocenters. The van der Waals surface area contributed by atoms with E-state index in [2.05, 4.69) is 36.4 Å². The molecule has 1 aromatic carbocycles. The van der Waals surface area contributed by atoms with Crippen LogP contribution in [0.15, 0.2) is 30.5 Å². The minimum Gasteiger partial charge on any atom is -0.353 e.